The number of hydrogen-bond donors (Lipinski definition) is 0. The third-order valence-electron chi connectivity index (χ3n) is 6.97. The Balaban J connectivity index is 1.81. The lowest BCUT2D eigenvalue weighted by atomic mass is 9.90. The van der Waals surface area contributed by atoms with Crippen LogP contribution in [0.3, 0.4) is 0 Å². The highest BCUT2D eigenvalue weighted by Crippen LogP contribution is 2.52. The van der Waals surface area contributed by atoms with Crippen LogP contribution in [0.1, 0.15) is 36.1 Å². The summed E-state index contributed by atoms with van der Waals surface area (Å²) in [6, 6.07) is 13.1. The van der Waals surface area contributed by atoms with Crippen molar-refractivity contribution in [2.75, 3.05) is 0 Å². The Hall–Kier alpha value is -3.33. The van der Waals surface area contributed by atoms with Gasteiger partial charge in [0, 0.05) is 16.8 Å². The number of rotatable bonds is 2. The van der Waals surface area contributed by atoms with Crippen LogP contribution < -0.4 is 9.30 Å². The molecule has 1 aliphatic heterocycles. The highest BCUT2D eigenvalue weighted by molar-refractivity contribution is 6.19. The normalized spacial score (nSPS) is 12.7. The Labute approximate surface area is 188 Å². The monoisotopic (exact) mass is 422 g/mol. The van der Waals surface area contributed by atoms with Crippen LogP contribution in [0.25, 0.3) is 44.0 Å². The molecule has 0 radical (unpaired) electrons. The van der Waals surface area contributed by atoms with Crippen molar-refractivity contribution in [2.24, 2.45) is 13.0 Å². The molecule has 2 aromatic heterocycles. The molecular weight excluding hydrogens is 394 g/mol. The fraction of sp³-hybridized carbons (Fsp3) is 0.276. The molecule has 0 saturated carbocycles. The second-order valence-electron chi connectivity index (χ2n) is 9.75. The largest absolute Gasteiger partial charge is 0.456 e. The van der Waals surface area contributed by atoms with E-state index in [0.29, 0.717) is 5.92 Å². The van der Waals surface area contributed by atoms with Crippen molar-refractivity contribution in [3.63, 3.8) is 0 Å². The molecule has 0 spiro atoms. The van der Waals surface area contributed by atoms with Crippen LogP contribution in [-0.2, 0) is 13.5 Å². The van der Waals surface area contributed by atoms with Gasteiger partial charge in [0.15, 0.2) is 11.9 Å². The zero-order valence-electron chi connectivity index (χ0n) is 19.6. The maximum atomic E-state index is 6.80. The molecule has 1 aliphatic rings. The van der Waals surface area contributed by atoms with E-state index < -0.39 is 0 Å². The summed E-state index contributed by atoms with van der Waals surface area (Å²) in [6.07, 6.45) is 3.14. The summed E-state index contributed by atoms with van der Waals surface area (Å²) in [4.78, 5) is 0. The van der Waals surface area contributed by atoms with Crippen molar-refractivity contribution in [1.82, 2.24) is 0 Å². The number of aryl methyl sites for hydroxylation is 3. The van der Waals surface area contributed by atoms with Gasteiger partial charge in [0.2, 0.25) is 5.69 Å². The van der Waals surface area contributed by atoms with Crippen LogP contribution >= 0.6 is 0 Å². The molecule has 0 bridgehead atoms. The van der Waals surface area contributed by atoms with Gasteiger partial charge >= 0.3 is 0 Å². The summed E-state index contributed by atoms with van der Waals surface area (Å²) in [5, 5.41) is 4.53. The lowest BCUT2D eigenvalue weighted by molar-refractivity contribution is -0.659. The Morgan fingerprint density at radius 1 is 0.938 bits per heavy atom. The molecule has 0 N–H and O–H groups in total. The van der Waals surface area contributed by atoms with Crippen molar-refractivity contribution in [2.45, 2.75) is 41.0 Å². The van der Waals surface area contributed by atoms with Crippen LogP contribution in [0, 0.1) is 26.7 Å². The van der Waals surface area contributed by atoms with Gasteiger partial charge in [-0.25, -0.2) is 4.57 Å². The van der Waals surface area contributed by atoms with Gasteiger partial charge in [0.25, 0.3) is 0 Å². The van der Waals surface area contributed by atoms with Crippen molar-refractivity contribution >= 4 is 32.7 Å². The van der Waals surface area contributed by atoms with Crippen molar-refractivity contribution < 1.29 is 13.7 Å². The summed E-state index contributed by atoms with van der Waals surface area (Å²) in [5.41, 5.74) is 9.29. The number of nitrogens with zero attached hydrogens (tertiary/aromatic N) is 1. The lowest BCUT2D eigenvalue weighted by Crippen LogP contribution is -2.32. The molecule has 3 heterocycles. The molecule has 6 rings (SSSR count). The van der Waals surface area contributed by atoms with Crippen LogP contribution in [0.5, 0.6) is 11.5 Å². The number of hydrogen-bond acceptors (Lipinski definition) is 2. The molecule has 0 unspecified atom stereocenters. The number of fused-ring (bicyclic) bond motifs is 6. The van der Waals surface area contributed by atoms with E-state index >= 15 is 0 Å². The van der Waals surface area contributed by atoms with Crippen molar-refractivity contribution in [3.8, 4) is 22.8 Å². The summed E-state index contributed by atoms with van der Waals surface area (Å²) in [7, 11) is 2.13. The molecule has 0 fully saturated rings. The standard InChI is InChI=1S/C29H28NO2/c1-15(2)12-20-8-7-9-21-25-22(31-28(20)21)14-19-10-11-30(6)26-23-18(5)16(3)13-17(4)27(23)32-29(25)24(19)26/h7-11,13-15H,12H2,1-6H3/q+1. The number of para-hydroxylation sites is 1. The predicted octanol–water partition coefficient (Wildman–Crippen LogP) is 7.46. The first kappa shape index (κ1) is 19.4. The number of pyridine rings is 1. The van der Waals surface area contributed by atoms with E-state index in [1.165, 1.54) is 33.3 Å². The van der Waals surface area contributed by atoms with E-state index in [9.17, 15) is 0 Å². The number of benzene rings is 3. The van der Waals surface area contributed by atoms with Gasteiger partial charge in [-0.2, -0.15) is 0 Å². The lowest BCUT2D eigenvalue weighted by Gasteiger charge is -2.23. The fourth-order valence-corrected chi connectivity index (χ4v) is 5.41. The molecule has 0 atom stereocenters. The third kappa shape index (κ3) is 2.51. The van der Waals surface area contributed by atoms with E-state index in [1.807, 2.05) is 0 Å². The average Bonchev–Trinajstić information content (AvgIpc) is 3.13. The smallest absolute Gasteiger partial charge is 0.228 e. The molecular formula is C29H28NO2+. The van der Waals surface area contributed by atoms with E-state index in [4.69, 9.17) is 9.15 Å². The highest BCUT2D eigenvalue weighted by Gasteiger charge is 2.33. The van der Waals surface area contributed by atoms with Crippen molar-refractivity contribution in [1.29, 1.82) is 0 Å². The van der Waals surface area contributed by atoms with Crippen LogP contribution in [0.2, 0.25) is 0 Å². The molecule has 0 aliphatic carbocycles. The van der Waals surface area contributed by atoms with Gasteiger partial charge in [-0.15, -0.1) is 0 Å². The minimum atomic E-state index is 0.564. The molecule has 3 heteroatoms. The van der Waals surface area contributed by atoms with E-state index in [1.54, 1.807) is 0 Å². The molecule has 160 valence electrons. The second kappa shape index (κ2) is 6.59. The zero-order chi connectivity index (χ0) is 22.3. The molecule has 0 saturated heterocycles. The second-order valence-corrected chi connectivity index (χ2v) is 9.75. The van der Waals surface area contributed by atoms with Gasteiger partial charge in [0.05, 0.1) is 16.3 Å². The van der Waals surface area contributed by atoms with E-state index in [0.717, 1.165) is 50.8 Å². The fourth-order valence-electron chi connectivity index (χ4n) is 5.41. The van der Waals surface area contributed by atoms with Crippen LogP contribution in [-0.4, -0.2) is 0 Å². The van der Waals surface area contributed by atoms with Crippen molar-refractivity contribution in [3.05, 3.63) is 64.8 Å². The van der Waals surface area contributed by atoms with Crippen LogP contribution in [0.15, 0.2) is 47.0 Å². The molecule has 32 heavy (non-hydrogen) atoms. The maximum Gasteiger partial charge on any atom is 0.228 e. The van der Waals surface area contributed by atoms with Gasteiger partial charge in [-0.05, 0) is 61.4 Å². The van der Waals surface area contributed by atoms with Gasteiger partial charge < -0.3 is 9.15 Å². The Kier molecular flexibility index (Phi) is 3.98. The van der Waals surface area contributed by atoms with Gasteiger partial charge in [0.1, 0.15) is 24.0 Å². The van der Waals surface area contributed by atoms with E-state index in [-0.39, 0.29) is 0 Å². The van der Waals surface area contributed by atoms with Crippen LogP contribution in [0.4, 0.5) is 0 Å². The summed E-state index contributed by atoms with van der Waals surface area (Å²) in [5.74, 6) is 2.45. The molecule has 0 amide bonds. The zero-order valence-corrected chi connectivity index (χ0v) is 19.6. The summed E-state index contributed by atoms with van der Waals surface area (Å²) < 4.78 is 15.5. The number of furan rings is 1. The average molecular weight is 423 g/mol. The Morgan fingerprint density at radius 3 is 2.53 bits per heavy atom. The van der Waals surface area contributed by atoms with E-state index in [2.05, 4.69) is 88.8 Å². The SMILES string of the molecule is Cc1cc(C)c2c(c1C)-c1c3c(c4c(cc3cc[n+]1C)oc1c(CC(C)C)cccc14)O2. The minimum Gasteiger partial charge on any atom is -0.456 e. The molecule has 5 aromatic rings. The minimum absolute atomic E-state index is 0.564. The number of aromatic nitrogens is 1. The first-order chi connectivity index (χ1) is 15.3. The summed E-state index contributed by atoms with van der Waals surface area (Å²) >= 11 is 0. The Morgan fingerprint density at radius 2 is 1.75 bits per heavy atom. The molecule has 3 nitrogen and oxygen atoms in total. The first-order valence-electron chi connectivity index (χ1n) is 11.4. The summed E-state index contributed by atoms with van der Waals surface area (Å²) in [6.45, 7) is 11.0. The quantitative estimate of drug-likeness (QED) is 0.271. The van der Waals surface area contributed by atoms with Gasteiger partial charge in [-0.3, -0.25) is 0 Å². The third-order valence-corrected chi connectivity index (χ3v) is 6.97. The predicted molar refractivity (Wildman–Crippen MR) is 131 cm³/mol. The first-order valence-corrected chi connectivity index (χ1v) is 11.4. The number of ether oxygens (including phenoxy) is 1. The van der Waals surface area contributed by atoms with Gasteiger partial charge in [-0.1, -0.05) is 38.1 Å². The highest BCUT2D eigenvalue weighted by atomic mass is 16.5. The molecule has 3 aromatic carbocycles. The maximum absolute atomic E-state index is 6.80. The topological polar surface area (TPSA) is 26.2 Å². The Bertz CT molecular complexity index is 1590.